The number of hydrogen-bond acceptors (Lipinski definition) is 4. The van der Waals surface area contributed by atoms with Crippen molar-refractivity contribution in [3.05, 3.63) is 77.0 Å². The lowest BCUT2D eigenvalue weighted by atomic mass is 9.94. The van der Waals surface area contributed by atoms with E-state index in [1.54, 1.807) is 0 Å². The number of carbonyl (C=O) groups excluding carboxylic acids is 2. The number of ether oxygens (including phenoxy) is 1. The molecule has 3 atom stereocenters. The van der Waals surface area contributed by atoms with Gasteiger partial charge >= 0.3 is 5.97 Å². The van der Waals surface area contributed by atoms with Crippen LogP contribution in [0.25, 0.3) is 0 Å². The predicted octanol–water partition coefficient (Wildman–Crippen LogP) is 5.15. The molecular formula is C28H33N3O3S. The van der Waals surface area contributed by atoms with Gasteiger partial charge in [0.2, 0.25) is 5.91 Å². The van der Waals surface area contributed by atoms with Crippen molar-refractivity contribution >= 4 is 34.9 Å². The molecule has 2 aromatic carbocycles. The van der Waals surface area contributed by atoms with Gasteiger partial charge in [-0.05, 0) is 67.6 Å². The van der Waals surface area contributed by atoms with Gasteiger partial charge in [0.05, 0.1) is 18.2 Å². The molecule has 35 heavy (non-hydrogen) atoms. The minimum absolute atomic E-state index is 0.00222. The highest BCUT2D eigenvalue weighted by atomic mass is 32.1. The van der Waals surface area contributed by atoms with Crippen molar-refractivity contribution in [2.75, 3.05) is 18.5 Å². The van der Waals surface area contributed by atoms with E-state index in [1.165, 1.54) is 5.56 Å². The molecule has 4 rings (SSSR count). The topological polar surface area (TPSA) is 70.7 Å². The van der Waals surface area contributed by atoms with Gasteiger partial charge in [-0.1, -0.05) is 56.3 Å². The number of rotatable bonds is 8. The van der Waals surface area contributed by atoms with Gasteiger partial charge in [0, 0.05) is 23.8 Å². The van der Waals surface area contributed by atoms with Crippen LogP contribution in [0, 0.1) is 11.8 Å². The SMILES string of the molecule is CCN1C(=S)N[C@H](c2ccc(NC(=O)[C@@H]3C[C@H]3c3ccccc3)cc2)C(C(=O)OCC(C)C)=C1C. The van der Waals surface area contributed by atoms with Crippen LogP contribution in [-0.2, 0) is 14.3 Å². The summed E-state index contributed by atoms with van der Waals surface area (Å²) >= 11 is 5.57. The first kappa shape index (κ1) is 24.9. The van der Waals surface area contributed by atoms with E-state index in [-0.39, 0.29) is 29.6 Å². The molecule has 1 fully saturated rings. The number of carbonyl (C=O) groups is 2. The smallest absolute Gasteiger partial charge is 0.338 e. The Balaban J connectivity index is 1.48. The summed E-state index contributed by atoms with van der Waals surface area (Å²) in [4.78, 5) is 27.7. The van der Waals surface area contributed by atoms with Crippen LogP contribution in [0.3, 0.4) is 0 Å². The van der Waals surface area contributed by atoms with Crippen molar-refractivity contribution in [1.82, 2.24) is 10.2 Å². The molecule has 1 saturated carbocycles. The summed E-state index contributed by atoms with van der Waals surface area (Å²) in [5.41, 5.74) is 4.18. The number of esters is 1. The zero-order chi connectivity index (χ0) is 25.1. The molecule has 1 aliphatic carbocycles. The Hall–Kier alpha value is -3.19. The monoisotopic (exact) mass is 491 g/mol. The first-order chi connectivity index (χ1) is 16.8. The molecule has 0 radical (unpaired) electrons. The van der Waals surface area contributed by atoms with Gasteiger partial charge in [0.25, 0.3) is 0 Å². The number of amides is 1. The quantitative estimate of drug-likeness (QED) is 0.393. The summed E-state index contributed by atoms with van der Waals surface area (Å²) in [5.74, 6) is 0.233. The van der Waals surface area contributed by atoms with Crippen LogP contribution < -0.4 is 10.6 Å². The maximum absolute atomic E-state index is 13.1. The van der Waals surface area contributed by atoms with Gasteiger partial charge in [-0.25, -0.2) is 4.79 Å². The van der Waals surface area contributed by atoms with Gasteiger partial charge < -0.3 is 20.3 Å². The summed E-state index contributed by atoms with van der Waals surface area (Å²) in [7, 11) is 0. The van der Waals surface area contributed by atoms with Crippen LogP contribution in [0.5, 0.6) is 0 Å². The molecular weight excluding hydrogens is 458 g/mol. The molecule has 0 bridgehead atoms. The molecule has 7 heteroatoms. The number of allylic oxidation sites excluding steroid dienone is 1. The second kappa shape index (κ2) is 10.6. The Morgan fingerprint density at radius 1 is 1.11 bits per heavy atom. The molecule has 0 spiro atoms. The van der Waals surface area contributed by atoms with Crippen LogP contribution in [0.1, 0.15) is 57.2 Å². The van der Waals surface area contributed by atoms with Crippen molar-refractivity contribution < 1.29 is 14.3 Å². The number of nitrogens with zero attached hydrogens (tertiary/aromatic N) is 1. The maximum Gasteiger partial charge on any atom is 0.338 e. The zero-order valence-corrected chi connectivity index (χ0v) is 21.5. The number of hydrogen-bond donors (Lipinski definition) is 2. The third-order valence-electron chi connectivity index (χ3n) is 6.55. The van der Waals surface area contributed by atoms with Crippen LogP contribution >= 0.6 is 12.2 Å². The lowest BCUT2D eigenvalue weighted by Gasteiger charge is -2.37. The third-order valence-corrected chi connectivity index (χ3v) is 6.88. The summed E-state index contributed by atoms with van der Waals surface area (Å²) in [6.45, 7) is 8.93. The third kappa shape index (κ3) is 5.56. The molecule has 1 amide bonds. The van der Waals surface area contributed by atoms with Gasteiger partial charge in [-0.2, -0.15) is 0 Å². The van der Waals surface area contributed by atoms with E-state index in [0.29, 0.717) is 23.8 Å². The van der Waals surface area contributed by atoms with E-state index in [2.05, 4.69) is 22.8 Å². The van der Waals surface area contributed by atoms with Crippen LogP contribution in [-0.4, -0.2) is 35.0 Å². The van der Waals surface area contributed by atoms with E-state index in [0.717, 1.165) is 23.4 Å². The van der Waals surface area contributed by atoms with Crippen LogP contribution in [0.4, 0.5) is 5.69 Å². The lowest BCUT2D eigenvalue weighted by molar-refractivity contribution is -0.140. The van der Waals surface area contributed by atoms with Gasteiger partial charge in [0.15, 0.2) is 5.11 Å². The van der Waals surface area contributed by atoms with Gasteiger partial charge in [-0.15, -0.1) is 0 Å². The summed E-state index contributed by atoms with van der Waals surface area (Å²) in [5, 5.41) is 6.92. The fourth-order valence-electron chi connectivity index (χ4n) is 4.54. The number of nitrogens with one attached hydrogen (secondary N) is 2. The highest BCUT2D eigenvalue weighted by Crippen LogP contribution is 2.47. The van der Waals surface area contributed by atoms with Crippen LogP contribution in [0.2, 0.25) is 0 Å². The Labute approximate surface area is 212 Å². The Kier molecular flexibility index (Phi) is 7.55. The second-order valence-corrected chi connectivity index (χ2v) is 9.98. The Morgan fingerprint density at radius 2 is 1.80 bits per heavy atom. The lowest BCUT2D eigenvalue weighted by Crippen LogP contribution is -2.47. The predicted molar refractivity (Wildman–Crippen MR) is 142 cm³/mol. The molecule has 184 valence electrons. The fourth-order valence-corrected chi connectivity index (χ4v) is 4.93. The first-order valence-corrected chi connectivity index (χ1v) is 12.6. The molecule has 2 N–H and O–H groups in total. The fraction of sp³-hybridized carbons (Fsp3) is 0.393. The van der Waals surface area contributed by atoms with Crippen molar-refractivity contribution in [2.45, 2.75) is 46.1 Å². The average molecular weight is 492 g/mol. The normalized spacial score (nSPS) is 21.6. The number of thiocarbonyl (C=S) groups is 1. The van der Waals surface area contributed by atoms with Crippen molar-refractivity contribution in [3.63, 3.8) is 0 Å². The minimum Gasteiger partial charge on any atom is -0.462 e. The minimum atomic E-state index is -0.416. The van der Waals surface area contributed by atoms with Crippen LogP contribution in [0.15, 0.2) is 65.9 Å². The standard InChI is InChI=1S/C28H33N3O3S/c1-5-31-18(4)24(27(33)34-16-17(2)3)25(30-28(31)35)20-11-13-21(14-12-20)29-26(32)23-15-22(23)19-9-7-6-8-10-19/h6-14,17,22-23,25H,5,15-16H2,1-4H3,(H,29,32)(H,30,35)/t22-,23+,25+/m0/s1. The van der Waals surface area contributed by atoms with E-state index in [4.69, 9.17) is 17.0 Å². The summed E-state index contributed by atoms with van der Waals surface area (Å²) in [6, 6.07) is 17.3. The highest BCUT2D eigenvalue weighted by Gasteiger charge is 2.43. The molecule has 2 aromatic rings. The second-order valence-electron chi connectivity index (χ2n) is 9.59. The maximum atomic E-state index is 13.1. The highest BCUT2D eigenvalue weighted by molar-refractivity contribution is 7.80. The first-order valence-electron chi connectivity index (χ1n) is 12.2. The van der Waals surface area contributed by atoms with Crippen molar-refractivity contribution in [1.29, 1.82) is 0 Å². The van der Waals surface area contributed by atoms with E-state index >= 15 is 0 Å². The van der Waals surface area contributed by atoms with E-state index < -0.39 is 6.04 Å². The molecule has 0 saturated heterocycles. The van der Waals surface area contributed by atoms with E-state index in [1.807, 2.05) is 75.1 Å². The largest absolute Gasteiger partial charge is 0.462 e. The molecule has 1 aliphatic heterocycles. The van der Waals surface area contributed by atoms with Crippen molar-refractivity contribution in [2.24, 2.45) is 11.8 Å². The Morgan fingerprint density at radius 3 is 2.43 bits per heavy atom. The van der Waals surface area contributed by atoms with Gasteiger partial charge in [0.1, 0.15) is 0 Å². The number of benzene rings is 2. The molecule has 6 nitrogen and oxygen atoms in total. The van der Waals surface area contributed by atoms with E-state index in [9.17, 15) is 9.59 Å². The summed E-state index contributed by atoms with van der Waals surface area (Å²) < 4.78 is 5.59. The molecule has 2 aliphatic rings. The average Bonchev–Trinajstić information content (AvgIpc) is 3.65. The number of anilines is 1. The summed E-state index contributed by atoms with van der Waals surface area (Å²) in [6.07, 6.45) is 0.872. The molecule has 1 heterocycles. The zero-order valence-electron chi connectivity index (χ0n) is 20.7. The molecule has 0 aromatic heterocycles. The van der Waals surface area contributed by atoms with Gasteiger partial charge in [-0.3, -0.25) is 4.79 Å². The Bertz CT molecular complexity index is 1130. The van der Waals surface area contributed by atoms with Crippen molar-refractivity contribution in [3.8, 4) is 0 Å². The molecule has 0 unspecified atom stereocenters.